The lowest BCUT2D eigenvalue weighted by atomic mass is 10.2. The normalized spacial score (nSPS) is 9.74. The molecule has 1 aromatic heterocycles. The van der Waals surface area contributed by atoms with Crippen molar-refractivity contribution < 1.29 is 4.79 Å². The van der Waals surface area contributed by atoms with Crippen molar-refractivity contribution >= 4 is 34.8 Å². The van der Waals surface area contributed by atoms with Crippen LogP contribution in [0.3, 0.4) is 0 Å². The smallest absolute Gasteiger partial charge is 0.257 e. The number of carbonyl (C=O) groups is 1. The van der Waals surface area contributed by atoms with Crippen molar-refractivity contribution in [1.82, 2.24) is 4.98 Å². The molecule has 0 bridgehead atoms. The molecule has 1 heterocycles. The molecule has 0 fully saturated rings. The molecule has 1 amide bonds. The molecule has 0 aliphatic carbocycles. The van der Waals surface area contributed by atoms with Crippen molar-refractivity contribution in [3.8, 4) is 6.07 Å². The van der Waals surface area contributed by atoms with E-state index in [1.54, 1.807) is 18.2 Å². The lowest BCUT2D eigenvalue weighted by Gasteiger charge is -2.07. The zero-order valence-electron chi connectivity index (χ0n) is 9.52. The van der Waals surface area contributed by atoms with Crippen LogP contribution in [0.1, 0.15) is 16.1 Å². The second kappa shape index (κ2) is 5.70. The van der Waals surface area contributed by atoms with Crippen LogP contribution >= 0.6 is 23.2 Å². The van der Waals surface area contributed by atoms with Crippen molar-refractivity contribution in [2.75, 3.05) is 5.32 Å². The Labute approximate surface area is 119 Å². The highest BCUT2D eigenvalue weighted by atomic mass is 35.5. The number of benzene rings is 1. The Balaban J connectivity index is 2.21. The third-order valence-electron chi connectivity index (χ3n) is 2.34. The summed E-state index contributed by atoms with van der Waals surface area (Å²) >= 11 is 11.8. The fraction of sp³-hybridized carbons (Fsp3) is 0. The highest BCUT2D eigenvalue weighted by molar-refractivity contribution is 6.44. The van der Waals surface area contributed by atoms with Crippen LogP contribution in [0.15, 0.2) is 36.5 Å². The van der Waals surface area contributed by atoms with Gasteiger partial charge in [-0.15, -0.1) is 0 Å². The van der Waals surface area contributed by atoms with E-state index >= 15 is 0 Å². The van der Waals surface area contributed by atoms with E-state index in [1.165, 1.54) is 18.3 Å². The van der Waals surface area contributed by atoms with Crippen molar-refractivity contribution in [3.05, 3.63) is 57.8 Å². The van der Waals surface area contributed by atoms with Crippen LogP contribution in [0, 0.1) is 11.3 Å². The van der Waals surface area contributed by atoms with E-state index in [4.69, 9.17) is 28.5 Å². The number of halogens is 2. The predicted octanol–water partition coefficient (Wildman–Crippen LogP) is 3.51. The standard InChI is InChI=1S/C13H7Cl2N3O/c14-10-2-1-3-11(12(10)15)18-13(19)8-4-5-9(6-16)17-7-8/h1-5,7H,(H,18,19). The number of nitrogens with one attached hydrogen (secondary N) is 1. The molecule has 1 N–H and O–H groups in total. The van der Waals surface area contributed by atoms with Gasteiger partial charge in [-0.25, -0.2) is 4.98 Å². The second-order valence-corrected chi connectivity index (χ2v) is 4.38. The van der Waals surface area contributed by atoms with Crippen molar-refractivity contribution in [2.45, 2.75) is 0 Å². The second-order valence-electron chi connectivity index (χ2n) is 3.60. The third-order valence-corrected chi connectivity index (χ3v) is 3.16. The number of pyridine rings is 1. The molecule has 0 radical (unpaired) electrons. The molecule has 0 saturated carbocycles. The molecular formula is C13H7Cl2N3O. The van der Waals surface area contributed by atoms with Crippen LogP contribution < -0.4 is 5.32 Å². The fourth-order valence-corrected chi connectivity index (χ4v) is 1.74. The Kier molecular flexibility index (Phi) is 4.00. The third kappa shape index (κ3) is 3.02. The quantitative estimate of drug-likeness (QED) is 0.921. The zero-order valence-corrected chi connectivity index (χ0v) is 11.0. The van der Waals surface area contributed by atoms with E-state index in [-0.39, 0.29) is 16.6 Å². The van der Waals surface area contributed by atoms with E-state index in [1.807, 2.05) is 6.07 Å². The molecular weight excluding hydrogens is 285 g/mol. The largest absolute Gasteiger partial charge is 0.321 e. The summed E-state index contributed by atoms with van der Waals surface area (Å²) in [7, 11) is 0. The van der Waals surface area contributed by atoms with Gasteiger partial charge in [0, 0.05) is 6.20 Å². The number of hydrogen-bond donors (Lipinski definition) is 1. The highest BCUT2D eigenvalue weighted by Crippen LogP contribution is 2.29. The first-order valence-electron chi connectivity index (χ1n) is 5.23. The summed E-state index contributed by atoms with van der Waals surface area (Å²) < 4.78 is 0. The van der Waals surface area contributed by atoms with Gasteiger partial charge in [0.05, 0.1) is 21.3 Å². The molecule has 0 atom stereocenters. The van der Waals surface area contributed by atoms with Crippen LogP contribution in [-0.2, 0) is 0 Å². The average Bonchev–Trinajstić information content (AvgIpc) is 2.44. The molecule has 1 aromatic carbocycles. The number of amides is 1. The molecule has 0 spiro atoms. The number of hydrogen-bond acceptors (Lipinski definition) is 3. The molecule has 0 saturated heterocycles. The van der Waals surface area contributed by atoms with Crippen molar-refractivity contribution in [2.24, 2.45) is 0 Å². The minimum Gasteiger partial charge on any atom is -0.321 e. The molecule has 4 nitrogen and oxygen atoms in total. The van der Waals surface area contributed by atoms with E-state index in [2.05, 4.69) is 10.3 Å². The molecule has 2 aromatic rings. The van der Waals surface area contributed by atoms with Gasteiger partial charge in [0.25, 0.3) is 5.91 Å². The van der Waals surface area contributed by atoms with Crippen molar-refractivity contribution in [1.29, 1.82) is 5.26 Å². The van der Waals surface area contributed by atoms with Crippen molar-refractivity contribution in [3.63, 3.8) is 0 Å². The average molecular weight is 292 g/mol. The van der Waals surface area contributed by atoms with E-state index in [9.17, 15) is 4.79 Å². The Morgan fingerprint density at radius 3 is 2.68 bits per heavy atom. The molecule has 0 aliphatic heterocycles. The molecule has 2 rings (SSSR count). The van der Waals surface area contributed by atoms with Gasteiger partial charge in [-0.1, -0.05) is 29.3 Å². The van der Waals surface area contributed by atoms with E-state index < -0.39 is 0 Å². The van der Waals surface area contributed by atoms with E-state index in [0.29, 0.717) is 16.3 Å². The fourth-order valence-electron chi connectivity index (χ4n) is 1.39. The topological polar surface area (TPSA) is 65.8 Å². The monoisotopic (exact) mass is 291 g/mol. The highest BCUT2D eigenvalue weighted by Gasteiger charge is 2.10. The minimum atomic E-state index is -0.374. The molecule has 19 heavy (non-hydrogen) atoms. The van der Waals surface area contributed by atoms with Crippen LogP contribution in [0.5, 0.6) is 0 Å². The zero-order chi connectivity index (χ0) is 13.8. The Bertz CT molecular complexity index is 663. The van der Waals surface area contributed by atoms with Gasteiger partial charge in [0.2, 0.25) is 0 Å². The lowest BCUT2D eigenvalue weighted by Crippen LogP contribution is -2.12. The first-order chi connectivity index (χ1) is 9.11. The van der Waals surface area contributed by atoms with Gasteiger partial charge in [0.15, 0.2) is 0 Å². The summed E-state index contributed by atoms with van der Waals surface area (Å²) in [5.74, 6) is -0.374. The summed E-state index contributed by atoms with van der Waals surface area (Å²) in [4.78, 5) is 15.8. The lowest BCUT2D eigenvalue weighted by molar-refractivity contribution is 0.102. The first-order valence-corrected chi connectivity index (χ1v) is 5.99. The van der Waals surface area contributed by atoms with Gasteiger partial charge < -0.3 is 5.32 Å². The van der Waals surface area contributed by atoms with E-state index in [0.717, 1.165) is 0 Å². The predicted molar refractivity (Wildman–Crippen MR) is 73.4 cm³/mol. The summed E-state index contributed by atoms with van der Waals surface area (Å²) in [6, 6.07) is 9.81. The van der Waals surface area contributed by atoms with Crippen LogP contribution in [0.2, 0.25) is 10.0 Å². The Hall–Kier alpha value is -2.09. The summed E-state index contributed by atoms with van der Waals surface area (Å²) in [6.07, 6.45) is 1.33. The summed E-state index contributed by atoms with van der Waals surface area (Å²) in [5.41, 5.74) is 0.996. The number of nitriles is 1. The molecule has 94 valence electrons. The minimum absolute atomic E-state index is 0.248. The van der Waals surface area contributed by atoms with Gasteiger partial charge in [-0.3, -0.25) is 4.79 Å². The number of carbonyl (C=O) groups excluding carboxylic acids is 1. The SMILES string of the molecule is N#Cc1ccc(C(=O)Nc2cccc(Cl)c2Cl)cn1. The maximum absolute atomic E-state index is 11.9. The Morgan fingerprint density at radius 1 is 1.26 bits per heavy atom. The van der Waals surface area contributed by atoms with Crippen LogP contribution in [0.4, 0.5) is 5.69 Å². The first kappa shape index (κ1) is 13.3. The number of nitrogens with zero attached hydrogens (tertiary/aromatic N) is 2. The van der Waals surface area contributed by atoms with Crippen LogP contribution in [0.25, 0.3) is 0 Å². The molecule has 0 unspecified atom stereocenters. The number of anilines is 1. The van der Waals surface area contributed by atoms with Gasteiger partial charge in [-0.2, -0.15) is 5.26 Å². The summed E-state index contributed by atoms with van der Waals surface area (Å²) in [5, 5.41) is 11.9. The van der Waals surface area contributed by atoms with Gasteiger partial charge >= 0.3 is 0 Å². The molecule has 0 aliphatic rings. The van der Waals surface area contributed by atoms with Gasteiger partial charge in [-0.05, 0) is 24.3 Å². The number of aromatic nitrogens is 1. The summed E-state index contributed by atoms with van der Waals surface area (Å²) in [6.45, 7) is 0. The van der Waals surface area contributed by atoms with Crippen LogP contribution in [-0.4, -0.2) is 10.9 Å². The van der Waals surface area contributed by atoms with Gasteiger partial charge in [0.1, 0.15) is 11.8 Å². The maximum Gasteiger partial charge on any atom is 0.257 e. The molecule has 6 heteroatoms. The maximum atomic E-state index is 11.9. The number of rotatable bonds is 2. The Morgan fingerprint density at radius 2 is 2.05 bits per heavy atom.